The van der Waals surface area contributed by atoms with Crippen LogP contribution >= 0.6 is 11.8 Å². The predicted molar refractivity (Wildman–Crippen MR) is 185 cm³/mol. The smallest absolute Gasteiger partial charge is 0.272 e. The van der Waals surface area contributed by atoms with Crippen LogP contribution in [0.2, 0.25) is 0 Å². The highest BCUT2D eigenvalue weighted by atomic mass is 32.2. The normalized spacial score (nSPS) is 12.0. The number of benzene rings is 5. The summed E-state index contributed by atoms with van der Waals surface area (Å²) in [5.41, 5.74) is 3.85. The van der Waals surface area contributed by atoms with Crippen molar-refractivity contribution in [1.82, 2.24) is 5.32 Å². The molecule has 5 aromatic rings. The molecule has 0 bridgehead atoms. The lowest BCUT2D eigenvalue weighted by Gasteiger charge is -2.15. The molecule has 0 radical (unpaired) electrons. The number of carbonyl (C=O) groups is 3. The molecule has 0 fully saturated rings. The third-order valence-electron chi connectivity index (χ3n) is 7.27. The lowest BCUT2D eigenvalue weighted by Crippen LogP contribution is -2.30. The van der Waals surface area contributed by atoms with Crippen LogP contribution < -0.4 is 16.0 Å². The Hall–Kier alpha value is -5.14. The van der Waals surface area contributed by atoms with Crippen molar-refractivity contribution in [2.45, 2.75) is 36.8 Å². The number of nitrogens with one attached hydrogen (secondary N) is 3. The maximum Gasteiger partial charge on any atom is 0.272 e. The SMILES string of the molecule is CC(Sc1cccc(NC(=O)/C(=C\c2cccc3ccccc23)NC(=O)c2ccccc2)c1)C(=O)Nc1ccc(C(C)C)cc1. The summed E-state index contributed by atoms with van der Waals surface area (Å²) in [5, 5.41) is 10.3. The lowest BCUT2D eigenvalue weighted by atomic mass is 10.0. The van der Waals surface area contributed by atoms with E-state index < -0.39 is 5.91 Å². The minimum absolute atomic E-state index is 0.106. The number of amides is 3. The van der Waals surface area contributed by atoms with Gasteiger partial charge >= 0.3 is 0 Å². The Morgan fingerprint density at radius 1 is 0.689 bits per heavy atom. The molecule has 3 amide bonds. The van der Waals surface area contributed by atoms with Crippen LogP contribution in [-0.2, 0) is 9.59 Å². The summed E-state index contributed by atoms with van der Waals surface area (Å²) >= 11 is 1.39. The topological polar surface area (TPSA) is 87.3 Å². The second-order valence-electron chi connectivity index (χ2n) is 11.0. The Bertz CT molecular complexity index is 1840. The van der Waals surface area contributed by atoms with Gasteiger partial charge in [-0.1, -0.05) is 92.7 Å². The first-order chi connectivity index (χ1) is 21.8. The number of hydrogen-bond acceptors (Lipinski definition) is 4. The Labute approximate surface area is 268 Å². The van der Waals surface area contributed by atoms with Gasteiger partial charge in [-0.2, -0.15) is 0 Å². The first kappa shape index (κ1) is 31.3. The fourth-order valence-corrected chi connectivity index (χ4v) is 5.70. The summed E-state index contributed by atoms with van der Waals surface area (Å²) < 4.78 is 0. The molecule has 1 atom stereocenters. The second-order valence-corrected chi connectivity index (χ2v) is 12.4. The van der Waals surface area contributed by atoms with E-state index >= 15 is 0 Å². The van der Waals surface area contributed by atoms with Gasteiger partial charge < -0.3 is 16.0 Å². The molecule has 0 saturated carbocycles. The average molecular weight is 614 g/mol. The quantitative estimate of drug-likeness (QED) is 0.109. The molecule has 5 aromatic carbocycles. The Kier molecular flexibility index (Phi) is 10.1. The molecule has 0 aliphatic heterocycles. The number of rotatable bonds is 10. The van der Waals surface area contributed by atoms with Crippen LogP contribution in [0.3, 0.4) is 0 Å². The Morgan fingerprint density at radius 3 is 2.13 bits per heavy atom. The van der Waals surface area contributed by atoms with Crippen molar-refractivity contribution in [2.75, 3.05) is 10.6 Å². The summed E-state index contributed by atoms with van der Waals surface area (Å²) in [6, 6.07) is 37.7. The largest absolute Gasteiger partial charge is 0.325 e. The molecule has 45 heavy (non-hydrogen) atoms. The highest BCUT2D eigenvalue weighted by Gasteiger charge is 2.18. The van der Waals surface area contributed by atoms with Crippen LogP contribution in [0.1, 0.15) is 48.2 Å². The lowest BCUT2D eigenvalue weighted by molar-refractivity contribution is -0.115. The van der Waals surface area contributed by atoms with Gasteiger partial charge in [0, 0.05) is 21.8 Å². The zero-order valence-corrected chi connectivity index (χ0v) is 26.2. The fourth-order valence-electron chi connectivity index (χ4n) is 4.77. The Morgan fingerprint density at radius 2 is 1.38 bits per heavy atom. The van der Waals surface area contributed by atoms with Crippen LogP contribution in [0.15, 0.2) is 132 Å². The third-order valence-corrected chi connectivity index (χ3v) is 8.36. The first-order valence-corrected chi connectivity index (χ1v) is 15.7. The molecule has 1 unspecified atom stereocenters. The van der Waals surface area contributed by atoms with Crippen molar-refractivity contribution < 1.29 is 14.4 Å². The van der Waals surface area contributed by atoms with Crippen molar-refractivity contribution >= 4 is 57.7 Å². The number of fused-ring (bicyclic) bond motifs is 1. The van der Waals surface area contributed by atoms with E-state index in [2.05, 4.69) is 29.8 Å². The molecular formula is C38H35N3O3S. The molecule has 0 aromatic heterocycles. The van der Waals surface area contributed by atoms with Crippen molar-refractivity contribution in [3.63, 3.8) is 0 Å². The van der Waals surface area contributed by atoms with Gasteiger partial charge in [-0.15, -0.1) is 11.8 Å². The van der Waals surface area contributed by atoms with Gasteiger partial charge in [0.1, 0.15) is 5.70 Å². The molecule has 0 aliphatic carbocycles. The molecular weight excluding hydrogens is 579 g/mol. The summed E-state index contributed by atoms with van der Waals surface area (Å²) in [6.45, 7) is 6.11. The van der Waals surface area contributed by atoms with Gasteiger partial charge in [0.25, 0.3) is 11.8 Å². The predicted octanol–water partition coefficient (Wildman–Crippen LogP) is 8.49. The van der Waals surface area contributed by atoms with Crippen molar-refractivity contribution in [3.8, 4) is 0 Å². The fraction of sp³-hybridized carbons (Fsp3) is 0.132. The van der Waals surface area contributed by atoms with Gasteiger partial charge in [-0.25, -0.2) is 0 Å². The summed E-state index contributed by atoms with van der Waals surface area (Å²) in [5.74, 6) is -0.553. The summed E-state index contributed by atoms with van der Waals surface area (Å²) in [4.78, 5) is 40.5. The van der Waals surface area contributed by atoms with Crippen LogP contribution in [0, 0.1) is 0 Å². The van der Waals surface area contributed by atoms with E-state index in [0.717, 1.165) is 26.9 Å². The van der Waals surface area contributed by atoms with Crippen LogP contribution in [0.4, 0.5) is 11.4 Å². The number of hydrogen-bond donors (Lipinski definition) is 3. The Balaban J connectivity index is 1.32. The number of anilines is 2. The van der Waals surface area contributed by atoms with E-state index in [1.54, 1.807) is 36.4 Å². The van der Waals surface area contributed by atoms with E-state index in [0.29, 0.717) is 17.2 Å². The molecule has 7 heteroatoms. The highest BCUT2D eigenvalue weighted by molar-refractivity contribution is 8.00. The van der Waals surface area contributed by atoms with Crippen molar-refractivity contribution in [3.05, 3.63) is 144 Å². The van der Waals surface area contributed by atoms with Crippen molar-refractivity contribution in [1.29, 1.82) is 0 Å². The van der Waals surface area contributed by atoms with Gasteiger partial charge in [-0.3, -0.25) is 14.4 Å². The van der Waals surface area contributed by atoms with E-state index in [1.165, 1.54) is 17.3 Å². The highest BCUT2D eigenvalue weighted by Crippen LogP contribution is 2.28. The summed E-state index contributed by atoms with van der Waals surface area (Å²) in [7, 11) is 0. The molecule has 0 spiro atoms. The van der Waals surface area contributed by atoms with E-state index in [9.17, 15) is 14.4 Å². The molecule has 3 N–H and O–H groups in total. The summed E-state index contributed by atoms with van der Waals surface area (Å²) in [6.07, 6.45) is 1.69. The second kappa shape index (κ2) is 14.6. The maximum absolute atomic E-state index is 13.7. The number of carbonyl (C=O) groups excluding carboxylic acids is 3. The van der Waals surface area contributed by atoms with Gasteiger partial charge in [0.15, 0.2) is 0 Å². The average Bonchev–Trinajstić information content (AvgIpc) is 3.05. The molecule has 0 aliphatic rings. The zero-order valence-electron chi connectivity index (χ0n) is 25.4. The molecule has 0 heterocycles. The van der Waals surface area contributed by atoms with Crippen LogP contribution in [0.25, 0.3) is 16.8 Å². The third kappa shape index (κ3) is 8.28. The van der Waals surface area contributed by atoms with E-state index in [4.69, 9.17) is 0 Å². The van der Waals surface area contributed by atoms with Gasteiger partial charge in [0.05, 0.1) is 5.25 Å². The molecule has 0 saturated heterocycles. The van der Waals surface area contributed by atoms with E-state index in [-0.39, 0.29) is 22.8 Å². The zero-order chi connectivity index (χ0) is 31.8. The van der Waals surface area contributed by atoms with Crippen LogP contribution in [0.5, 0.6) is 0 Å². The standard InChI is InChI=1S/C38H35N3O3S/c1-25(2)27-19-21-31(22-20-27)39-36(42)26(3)45-33-17-10-16-32(24-33)40-38(44)35(41-37(43)29-12-5-4-6-13-29)23-30-15-9-14-28-11-7-8-18-34(28)30/h4-26H,1-3H3,(H,39,42)(H,40,44)(H,41,43)/b35-23+. The van der Waals surface area contributed by atoms with Gasteiger partial charge in [-0.05, 0) is 83.3 Å². The minimum atomic E-state index is -0.468. The first-order valence-electron chi connectivity index (χ1n) is 14.8. The molecule has 5 rings (SSSR count). The molecule has 226 valence electrons. The number of thioether (sulfide) groups is 1. The maximum atomic E-state index is 13.7. The minimum Gasteiger partial charge on any atom is -0.325 e. The van der Waals surface area contributed by atoms with Crippen LogP contribution in [-0.4, -0.2) is 23.0 Å². The molecule has 6 nitrogen and oxygen atoms in total. The van der Waals surface area contributed by atoms with Crippen molar-refractivity contribution in [2.24, 2.45) is 0 Å². The monoisotopic (exact) mass is 613 g/mol. The van der Waals surface area contributed by atoms with E-state index in [1.807, 2.05) is 97.9 Å². The van der Waals surface area contributed by atoms with Gasteiger partial charge in [0.2, 0.25) is 5.91 Å².